The van der Waals surface area contributed by atoms with Gasteiger partial charge in [0, 0.05) is 25.4 Å². The third kappa shape index (κ3) is 3.80. The van der Waals surface area contributed by atoms with Gasteiger partial charge in [-0.05, 0) is 18.4 Å². The van der Waals surface area contributed by atoms with Crippen LogP contribution >= 0.6 is 0 Å². The van der Waals surface area contributed by atoms with E-state index in [0.29, 0.717) is 31.3 Å². The SMILES string of the molecule is CCC(C)C1CC(=O)N(CCNCC(C)C)C1=O. The van der Waals surface area contributed by atoms with Crippen molar-refractivity contribution < 1.29 is 9.59 Å². The van der Waals surface area contributed by atoms with Gasteiger partial charge < -0.3 is 5.32 Å². The van der Waals surface area contributed by atoms with Crippen molar-refractivity contribution in [3.05, 3.63) is 0 Å². The monoisotopic (exact) mass is 254 g/mol. The maximum Gasteiger partial charge on any atom is 0.233 e. The fourth-order valence-corrected chi connectivity index (χ4v) is 2.25. The Kier molecular flexibility index (Phi) is 5.79. The highest BCUT2D eigenvalue weighted by molar-refractivity contribution is 6.03. The van der Waals surface area contributed by atoms with Gasteiger partial charge in [0.05, 0.1) is 0 Å². The molecule has 1 N–H and O–H groups in total. The summed E-state index contributed by atoms with van der Waals surface area (Å²) < 4.78 is 0. The molecule has 18 heavy (non-hydrogen) atoms. The van der Waals surface area contributed by atoms with E-state index in [1.165, 1.54) is 4.90 Å². The molecule has 1 rings (SSSR count). The molecule has 2 unspecified atom stereocenters. The van der Waals surface area contributed by atoms with E-state index in [-0.39, 0.29) is 17.7 Å². The summed E-state index contributed by atoms with van der Waals surface area (Å²) in [6.07, 6.45) is 1.35. The highest BCUT2D eigenvalue weighted by Crippen LogP contribution is 2.28. The zero-order valence-corrected chi connectivity index (χ0v) is 12.0. The lowest BCUT2D eigenvalue weighted by atomic mass is 9.90. The largest absolute Gasteiger partial charge is 0.315 e. The summed E-state index contributed by atoms with van der Waals surface area (Å²) in [4.78, 5) is 25.4. The van der Waals surface area contributed by atoms with Crippen LogP contribution in [0.15, 0.2) is 0 Å². The van der Waals surface area contributed by atoms with Gasteiger partial charge in [-0.15, -0.1) is 0 Å². The van der Waals surface area contributed by atoms with Crippen LogP contribution in [-0.2, 0) is 9.59 Å². The number of amides is 2. The predicted octanol–water partition coefficient (Wildman–Crippen LogP) is 1.65. The van der Waals surface area contributed by atoms with E-state index in [4.69, 9.17) is 0 Å². The van der Waals surface area contributed by atoms with Gasteiger partial charge in [0.25, 0.3) is 0 Å². The molecule has 0 aliphatic carbocycles. The van der Waals surface area contributed by atoms with Gasteiger partial charge in [0.2, 0.25) is 11.8 Å². The number of hydrogen-bond acceptors (Lipinski definition) is 3. The Balaban J connectivity index is 2.42. The lowest BCUT2D eigenvalue weighted by Crippen LogP contribution is -2.38. The minimum absolute atomic E-state index is 0.00310. The van der Waals surface area contributed by atoms with Gasteiger partial charge in [-0.2, -0.15) is 0 Å². The zero-order valence-electron chi connectivity index (χ0n) is 12.0. The molecule has 1 saturated heterocycles. The third-order valence-corrected chi connectivity index (χ3v) is 3.67. The molecule has 1 fully saturated rings. The van der Waals surface area contributed by atoms with Crippen LogP contribution in [0.2, 0.25) is 0 Å². The first-order chi connectivity index (χ1) is 8.47. The summed E-state index contributed by atoms with van der Waals surface area (Å²) in [7, 11) is 0. The molecule has 104 valence electrons. The second-order valence-electron chi connectivity index (χ2n) is 5.68. The Labute approximate surface area is 110 Å². The van der Waals surface area contributed by atoms with Crippen molar-refractivity contribution in [2.24, 2.45) is 17.8 Å². The van der Waals surface area contributed by atoms with E-state index >= 15 is 0 Å². The molecule has 1 aliphatic rings. The summed E-state index contributed by atoms with van der Waals surface area (Å²) in [5.41, 5.74) is 0. The van der Waals surface area contributed by atoms with Gasteiger partial charge in [-0.3, -0.25) is 14.5 Å². The minimum Gasteiger partial charge on any atom is -0.315 e. The summed E-state index contributed by atoms with van der Waals surface area (Å²) >= 11 is 0. The minimum atomic E-state index is -0.0902. The number of hydrogen-bond donors (Lipinski definition) is 1. The highest BCUT2D eigenvalue weighted by Gasteiger charge is 2.40. The lowest BCUT2D eigenvalue weighted by molar-refractivity contribution is -0.139. The summed E-state index contributed by atoms with van der Waals surface area (Å²) in [6, 6.07) is 0. The molecular weight excluding hydrogens is 228 g/mol. The van der Waals surface area contributed by atoms with Crippen LogP contribution in [-0.4, -0.2) is 36.3 Å². The van der Waals surface area contributed by atoms with Crippen molar-refractivity contribution >= 4 is 11.8 Å². The summed E-state index contributed by atoms with van der Waals surface area (Å²) in [6.45, 7) is 10.5. The van der Waals surface area contributed by atoms with Gasteiger partial charge in [0.1, 0.15) is 0 Å². The van der Waals surface area contributed by atoms with E-state index in [0.717, 1.165) is 13.0 Å². The van der Waals surface area contributed by atoms with E-state index in [9.17, 15) is 9.59 Å². The first-order valence-corrected chi connectivity index (χ1v) is 7.02. The predicted molar refractivity (Wildman–Crippen MR) is 72.0 cm³/mol. The Morgan fingerprint density at radius 1 is 1.33 bits per heavy atom. The molecule has 0 aromatic heterocycles. The molecule has 1 aliphatic heterocycles. The van der Waals surface area contributed by atoms with Crippen LogP contribution in [0.3, 0.4) is 0 Å². The van der Waals surface area contributed by atoms with Crippen LogP contribution in [0.25, 0.3) is 0 Å². The average molecular weight is 254 g/mol. The molecule has 0 aromatic rings. The lowest BCUT2D eigenvalue weighted by Gasteiger charge is -2.18. The summed E-state index contributed by atoms with van der Waals surface area (Å²) in [5, 5.41) is 3.26. The fraction of sp³-hybridized carbons (Fsp3) is 0.857. The van der Waals surface area contributed by atoms with Gasteiger partial charge in [0.15, 0.2) is 0 Å². The Morgan fingerprint density at radius 3 is 2.56 bits per heavy atom. The smallest absolute Gasteiger partial charge is 0.233 e. The molecule has 0 bridgehead atoms. The van der Waals surface area contributed by atoms with Crippen LogP contribution < -0.4 is 5.32 Å². The summed E-state index contributed by atoms with van der Waals surface area (Å²) in [5.74, 6) is 0.822. The van der Waals surface area contributed by atoms with Crippen molar-refractivity contribution in [1.82, 2.24) is 10.2 Å². The highest BCUT2D eigenvalue weighted by atomic mass is 16.2. The number of carbonyl (C=O) groups excluding carboxylic acids is 2. The number of likely N-dealkylation sites (tertiary alicyclic amines) is 1. The van der Waals surface area contributed by atoms with Gasteiger partial charge >= 0.3 is 0 Å². The topological polar surface area (TPSA) is 49.4 Å². The van der Waals surface area contributed by atoms with Crippen molar-refractivity contribution in [3.63, 3.8) is 0 Å². The third-order valence-electron chi connectivity index (χ3n) is 3.67. The van der Waals surface area contributed by atoms with E-state index < -0.39 is 0 Å². The molecule has 4 nitrogen and oxygen atoms in total. The van der Waals surface area contributed by atoms with E-state index in [1.807, 2.05) is 0 Å². The van der Waals surface area contributed by atoms with Gasteiger partial charge in [-0.1, -0.05) is 34.1 Å². The first-order valence-electron chi connectivity index (χ1n) is 7.02. The number of nitrogens with one attached hydrogen (secondary N) is 1. The molecule has 0 saturated carbocycles. The second kappa shape index (κ2) is 6.88. The molecule has 2 atom stereocenters. The van der Waals surface area contributed by atoms with Crippen LogP contribution in [0.4, 0.5) is 0 Å². The molecule has 2 amide bonds. The molecule has 0 aromatic carbocycles. The number of imide groups is 1. The Hall–Kier alpha value is -0.900. The molecule has 4 heteroatoms. The van der Waals surface area contributed by atoms with Crippen LogP contribution in [0.1, 0.15) is 40.5 Å². The second-order valence-corrected chi connectivity index (χ2v) is 5.68. The molecule has 1 heterocycles. The maximum absolute atomic E-state index is 12.1. The normalized spacial score (nSPS) is 22.1. The average Bonchev–Trinajstić information content (AvgIpc) is 2.60. The van der Waals surface area contributed by atoms with E-state index in [1.54, 1.807) is 0 Å². The van der Waals surface area contributed by atoms with Crippen LogP contribution in [0.5, 0.6) is 0 Å². The van der Waals surface area contributed by atoms with Crippen molar-refractivity contribution in [3.8, 4) is 0 Å². The molecule has 0 spiro atoms. The molecular formula is C14H26N2O2. The molecule has 0 radical (unpaired) electrons. The maximum atomic E-state index is 12.1. The quantitative estimate of drug-likeness (QED) is 0.555. The standard InChI is InChI=1S/C14H26N2O2/c1-5-11(4)12-8-13(17)16(14(12)18)7-6-15-9-10(2)3/h10-12,15H,5-9H2,1-4H3. The number of carbonyl (C=O) groups is 2. The van der Waals surface area contributed by atoms with E-state index in [2.05, 4.69) is 33.0 Å². The van der Waals surface area contributed by atoms with Crippen LogP contribution in [0, 0.1) is 17.8 Å². The fourth-order valence-electron chi connectivity index (χ4n) is 2.25. The Bertz CT molecular complexity index is 302. The zero-order chi connectivity index (χ0) is 13.7. The van der Waals surface area contributed by atoms with Gasteiger partial charge in [-0.25, -0.2) is 0 Å². The van der Waals surface area contributed by atoms with Crippen molar-refractivity contribution in [2.45, 2.75) is 40.5 Å². The number of nitrogens with zero attached hydrogens (tertiary/aromatic N) is 1. The Morgan fingerprint density at radius 2 is 2.00 bits per heavy atom. The van der Waals surface area contributed by atoms with Crippen molar-refractivity contribution in [1.29, 1.82) is 0 Å². The van der Waals surface area contributed by atoms with Crippen molar-refractivity contribution in [2.75, 3.05) is 19.6 Å². The number of rotatable bonds is 7. The first kappa shape index (κ1) is 15.2.